The molecule has 1 aromatic heterocycles. The highest BCUT2D eigenvalue weighted by atomic mass is 79.9. The molecule has 1 amide bonds. The molecule has 0 spiro atoms. The Balaban J connectivity index is 1.77. The zero-order valence-corrected chi connectivity index (χ0v) is 14.4. The molecule has 24 heavy (non-hydrogen) atoms. The number of carbonyl (C=O) groups is 1. The third-order valence-electron chi connectivity index (χ3n) is 4.63. The average Bonchev–Trinajstić information content (AvgIpc) is 2.84. The van der Waals surface area contributed by atoms with Crippen molar-refractivity contribution in [3.8, 4) is 0 Å². The predicted molar refractivity (Wildman–Crippen MR) is 85.4 cm³/mol. The Morgan fingerprint density at radius 2 is 2.17 bits per heavy atom. The summed E-state index contributed by atoms with van der Waals surface area (Å²) >= 11 is 3.15. The van der Waals surface area contributed by atoms with E-state index in [-0.39, 0.29) is 10.0 Å². The number of piperidine rings is 1. The largest absolute Gasteiger partial charge is 0.434 e. The van der Waals surface area contributed by atoms with Gasteiger partial charge in [-0.25, -0.2) is 9.78 Å². The molecule has 1 saturated carbocycles. The molecular weight excluding hydrogens is 385 g/mol. The number of halogens is 2. The van der Waals surface area contributed by atoms with Crippen molar-refractivity contribution in [3.05, 3.63) is 38.4 Å². The zero-order chi connectivity index (χ0) is 17.3. The van der Waals surface area contributed by atoms with Crippen LogP contribution in [-0.4, -0.2) is 40.5 Å². The van der Waals surface area contributed by atoms with Crippen LogP contribution in [0.1, 0.15) is 30.9 Å². The quantitative estimate of drug-likeness (QED) is 0.439. The van der Waals surface area contributed by atoms with Crippen LogP contribution < -0.4 is 0 Å². The van der Waals surface area contributed by atoms with Crippen LogP contribution in [0.25, 0.3) is 0 Å². The Morgan fingerprint density at radius 1 is 1.50 bits per heavy atom. The molecule has 130 valence electrons. The first-order valence-electron chi connectivity index (χ1n) is 7.81. The Labute approximate surface area is 146 Å². The van der Waals surface area contributed by atoms with Gasteiger partial charge in [-0.05, 0) is 37.2 Å². The molecule has 2 fully saturated rings. The first-order valence-corrected chi connectivity index (χ1v) is 8.60. The van der Waals surface area contributed by atoms with E-state index in [9.17, 15) is 19.3 Å². The van der Waals surface area contributed by atoms with Crippen LogP contribution >= 0.6 is 15.9 Å². The number of carbonyl (C=O) groups excluding carboxylic acids is 1. The summed E-state index contributed by atoms with van der Waals surface area (Å²) in [4.78, 5) is 27.8. The highest BCUT2D eigenvalue weighted by molar-refractivity contribution is 9.10. The van der Waals surface area contributed by atoms with Crippen molar-refractivity contribution in [1.82, 2.24) is 9.88 Å². The smallest absolute Gasteiger partial charge is 0.410 e. The van der Waals surface area contributed by atoms with Crippen molar-refractivity contribution in [2.75, 3.05) is 19.6 Å². The van der Waals surface area contributed by atoms with Gasteiger partial charge in [0.2, 0.25) is 12.5 Å². The van der Waals surface area contributed by atoms with Crippen LogP contribution in [0.3, 0.4) is 0 Å². The van der Waals surface area contributed by atoms with Crippen molar-refractivity contribution < 1.29 is 18.8 Å². The minimum Gasteiger partial charge on any atom is -0.434 e. The number of aromatic nitrogens is 1. The van der Waals surface area contributed by atoms with Crippen molar-refractivity contribution in [2.45, 2.75) is 25.4 Å². The number of nitro groups is 1. The lowest BCUT2D eigenvalue weighted by Crippen LogP contribution is -2.42. The lowest BCUT2D eigenvalue weighted by molar-refractivity contribution is -0.491. The highest BCUT2D eigenvalue weighted by Crippen LogP contribution is 2.37. The Hall–Kier alpha value is -1.77. The molecule has 7 nitrogen and oxygen atoms in total. The van der Waals surface area contributed by atoms with E-state index in [2.05, 4.69) is 20.9 Å². The van der Waals surface area contributed by atoms with Crippen molar-refractivity contribution in [1.29, 1.82) is 0 Å². The molecule has 3 rings (SSSR count). The van der Waals surface area contributed by atoms with Crippen LogP contribution in [0.2, 0.25) is 0 Å². The van der Waals surface area contributed by atoms with Gasteiger partial charge < -0.3 is 9.64 Å². The number of ether oxygens (including phenoxy) is 1. The predicted octanol–water partition coefficient (Wildman–Crippen LogP) is 3.17. The van der Waals surface area contributed by atoms with E-state index in [1.165, 1.54) is 12.3 Å². The third-order valence-corrected chi connectivity index (χ3v) is 5.32. The van der Waals surface area contributed by atoms with Gasteiger partial charge in [-0.3, -0.25) is 10.1 Å². The van der Waals surface area contributed by atoms with E-state index in [1.807, 2.05) is 0 Å². The molecule has 1 saturated heterocycles. The Bertz CT molecular complexity index is 627. The summed E-state index contributed by atoms with van der Waals surface area (Å²) in [5, 5.41) is 10.9. The van der Waals surface area contributed by atoms with E-state index in [0.717, 1.165) is 19.3 Å². The molecule has 0 radical (unpaired) electrons. The number of amides is 1. The number of hydrogen-bond donors (Lipinski definition) is 0. The molecule has 3 unspecified atom stereocenters. The van der Waals surface area contributed by atoms with E-state index in [4.69, 9.17) is 4.74 Å². The van der Waals surface area contributed by atoms with Gasteiger partial charge in [0.1, 0.15) is 0 Å². The second kappa shape index (κ2) is 7.00. The minimum absolute atomic E-state index is 0.109. The van der Waals surface area contributed by atoms with Gasteiger partial charge in [-0.15, -0.1) is 0 Å². The Kier molecular flexibility index (Phi) is 4.98. The molecule has 3 atom stereocenters. The summed E-state index contributed by atoms with van der Waals surface area (Å²) in [5.74, 6) is 0.0435. The minimum atomic E-state index is -1.32. The Morgan fingerprint density at radius 3 is 2.75 bits per heavy atom. The van der Waals surface area contributed by atoms with Gasteiger partial charge in [-0.1, -0.05) is 15.9 Å². The molecule has 2 bridgehead atoms. The van der Waals surface area contributed by atoms with Gasteiger partial charge >= 0.3 is 6.09 Å². The van der Waals surface area contributed by atoms with Crippen LogP contribution in [-0.2, 0) is 4.74 Å². The fourth-order valence-electron chi connectivity index (χ4n) is 3.59. The number of hydrogen-bond acceptors (Lipinski definition) is 5. The topological polar surface area (TPSA) is 85.6 Å². The van der Waals surface area contributed by atoms with Crippen molar-refractivity contribution in [3.63, 3.8) is 0 Å². The van der Waals surface area contributed by atoms with Crippen molar-refractivity contribution >= 4 is 22.0 Å². The second-order valence-corrected chi connectivity index (χ2v) is 7.19. The maximum atomic E-state index is 14.0. The molecule has 1 aliphatic carbocycles. The number of likely N-dealkylation sites (tertiary alicyclic amines) is 1. The summed E-state index contributed by atoms with van der Waals surface area (Å²) < 4.78 is 19.6. The maximum absolute atomic E-state index is 14.0. The van der Waals surface area contributed by atoms with Crippen LogP contribution in [0.5, 0.6) is 0 Å². The van der Waals surface area contributed by atoms with E-state index in [0.29, 0.717) is 24.9 Å². The molecule has 9 heteroatoms. The van der Waals surface area contributed by atoms with Gasteiger partial charge in [0.15, 0.2) is 6.10 Å². The SMILES string of the molecule is O=C(OC(C[N+](=O)[O-])c1c(Br)ccnc1F)N1CC2CCC(C2)C1. The fourth-order valence-corrected chi connectivity index (χ4v) is 4.13. The maximum Gasteiger partial charge on any atom is 0.410 e. The van der Waals surface area contributed by atoms with Gasteiger partial charge in [0.25, 0.3) is 0 Å². The molecule has 2 aliphatic rings. The number of nitrogens with zero attached hydrogens (tertiary/aromatic N) is 3. The molecule has 0 N–H and O–H groups in total. The van der Waals surface area contributed by atoms with Crippen molar-refractivity contribution in [2.24, 2.45) is 11.8 Å². The zero-order valence-electron chi connectivity index (χ0n) is 12.9. The number of fused-ring (bicyclic) bond motifs is 2. The van der Waals surface area contributed by atoms with Gasteiger partial charge in [0, 0.05) is 28.7 Å². The summed E-state index contributed by atoms with van der Waals surface area (Å²) in [6.07, 6.45) is 2.58. The van der Waals surface area contributed by atoms with Gasteiger partial charge in [0.05, 0.1) is 5.56 Å². The first-order chi connectivity index (χ1) is 11.4. The van der Waals surface area contributed by atoms with Gasteiger partial charge in [-0.2, -0.15) is 4.39 Å². The normalized spacial score (nSPS) is 23.8. The summed E-state index contributed by atoms with van der Waals surface area (Å²) in [5.41, 5.74) is -0.109. The lowest BCUT2D eigenvalue weighted by Gasteiger charge is -2.32. The molecule has 2 heterocycles. The van der Waals surface area contributed by atoms with Crippen LogP contribution in [0.15, 0.2) is 16.7 Å². The van der Waals surface area contributed by atoms with E-state index >= 15 is 0 Å². The summed E-state index contributed by atoms with van der Waals surface area (Å²) in [6, 6.07) is 1.46. The number of pyridine rings is 1. The monoisotopic (exact) mass is 401 g/mol. The van der Waals surface area contributed by atoms with Crippen LogP contribution in [0.4, 0.5) is 9.18 Å². The van der Waals surface area contributed by atoms with E-state index in [1.54, 1.807) is 4.90 Å². The van der Waals surface area contributed by atoms with Crippen LogP contribution in [0, 0.1) is 27.9 Å². The number of rotatable bonds is 4. The first kappa shape index (κ1) is 17.1. The third kappa shape index (κ3) is 3.66. The fraction of sp³-hybridized carbons (Fsp3) is 0.600. The summed E-state index contributed by atoms with van der Waals surface area (Å²) in [7, 11) is 0. The molecule has 0 aromatic carbocycles. The molecular formula is C15H17BrFN3O4. The molecule has 1 aromatic rings. The summed E-state index contributed by atoms with van der Waals surface area (Å²) in [6.45, 7) is 0.474. The standard InChI is InChI=1S/C15H17BrFN3O4/c16-11-3-4-18-14(17)13(11)12(8-20(22)23)24-15(21)19-6-9-1-2-10(5-9)7-19/h3-4,9-10,12H,1-2,5-8H2. The average molecular weight is 402 g/mol. The second-order valence-electron chi connectivity index (χ2n) is 6.34. The molecule has 1 aliphatic heterocycles. The van der Waals surface area contributed by atoms with E-state index < -0.39 is 29.6 Å². The lowest BCUT2D eigenvalue weighted by atomic mass is 9.99. The highest BCUT2D eigenvalue weighted by Gasteiger charge is 2.37.